The number of anilines is 1. The molecule has 0 bridgehead atoms. The van der Waals surface area contributed by atoms with Crippen molar-refractivity contribution in [2.75, 3.05) is 5.32 Å². The second kappa shape index (κ2) is 7.82. The number of nitrogens with zero attached hydrogens (tertiary/aromatic N) is 3. The van der Waals surface area contributed by atoms with Gasteiger partial charge in [-0.3, -0.25) is 19.6 Å². The molecule has 1 aromatic carbocycles. The zero-order chi connectivity index (χ0) is 20.6. The van der Waals surface area contributed by atoms with Crippen LogP contribution in [0.1, 0.15) is 36.6 Å². The van der Waals surface area contributed by atoms with E-state index in [4.69, 9.17) is 0 Å². The van der Waals surface area contributed by atoms with Crippen LogP contribution in [0, 0.1) is 10.1 Å². The minimum atomic E-state index is -4.54. The van der Waals surface area contributed by atoms with E-state index in [-0.39, 0.29) is 24.6 Å². The number of non-ortho nitro benzene ring substituents is 1. The number of halogens is 5. The van der Waals surface area contributed by atoms with Crippen LogP contribution in [0.5, 0.6) is 0 Å². The first-order valence-corrected chi connectivity index (χ1v) is 9.73. The molecular weight excluding hydrogens is 513 g/mol. The fourth-order valence-electron chi connectivity index (χ4n) is 2.65. The molecule has 1 aromatic heterocycles. The van der Waals surface area contributed by atoms with Crippen LogP contribution in [0.4, 0.5) is 24.5 Å². The summed E-state index contributed by atoms with van der Waals surface area (Å²) in [6.07, 6.45) is -3.03. The van der Waals surface area contributed by atoms with Gasteiger partial charge in [0.15, 0.2) is 5.69 Å². The Kier molecular flexibility index (Phi) is 5.80. The van der Waals surface area contributed by atoms with Crippen molar-refractivity contribution in [3.8, 4) is 0 Å². The number of aryl methyl sites for hydroxylation is 1. The fraction of sp³-hybridized carbons (Fsp3) is 0.375. The predicted octanol–water partition coefficient (Wildman–Crippen LogP) is 5.24. The van der Waals surface area contributed by atoms with Crippen molar-refractivity contribution in [2.45, 2.75) is 37.9 Å². The van der Waals surface area contributed by atoms with Crippen molar-refractivity contribution >= 4 is 49.1 Å². The number of hydrogen-bond acceptors (Lipinski definition) is 4. The summed E-state index contributed by atoms with van der Waals surface area (Å²) in [5.74, 6) is -0.411. The number of carbonyl (C=O) groups excluding carboxylic acids is 1. The van der Waals surface area contributed by atoms with Gasteiger partial charge in [0.1, 0.15) is 0 Å². The number of carbonyl (C=O) groups is 1. The maximum Gasteiger partial charge on any atom is 0.435 e. The Morgan fingerprint density at radius 2 is 1.89 bits per heavy atom. The SMILES string of the molecule is O=C(CCn1nc(C(F)(F)F)cc1C1CC1)Nc1c(Br)cc([N+](=O)[O-])cc1Br. The second-order valence-electron chi connectivity index (χ2n) is 6.29. The number of nitro benzene ring substituents is 1. The number of hydrogen-bond donors (Lipinski definition) is 1. The van der Waals surface area contributed by atoms with Crippen LogP contribution in [0.3, 0.4) is 0 Å². The lowest BCUT2D eigenvalue weighted by Gasteiger charge is -2.11. The van der Waals surface area contributed by atoms with Gasteiger partial charge >= 0.3 is 6.18 Å². The lowest BCUT2D eigenvalue weighted by atomic mass is 10.2. The molecule has 1 saturated carbocycles. The molecule has 1 N–H and O–H groups in total. The highest BCUT2D eigenvalue weighted by molar-refractivity contribution is 9.11. The van der Waals surface area contributed by atoms with E-state index in [1.807, 2.05) is 0 Å². The normalized spacial score (nSPS) is 14.2. The van der Waals surface area contributed by atoms with Gasteiger partial charge in [-0.15, -0.1) is 0 Å². The van der Waals surface area contributed by atoms with Crippen molar-refractivity contribution < 1.29 is 22.9 Å². The Morgan fingerprint density at radius 1 is 1.29 bits per heavy atom. The lowest BCUT2D eigenvalue weighted by molar-refractivity contribution is -0.385. The van der Waals surface area contributed by atoms with Gasteiger partial charge in [-0.2, -0.15) is 18.3 Å². The van der Waals surface area contributed by atoms with Crippen molar-refractivity contribution in [1.29, 1.82) is 0 Å². The van der Waals surface area contributed by atoms with Gasteiger partial charge in [-0.25, -0.2) is 0 Å². The Hall–Kier alpha value is -1.95. The first kappa shape index (κ1) is 20.8. The Bertz CT molecular complexity index is 919. The van der Waals surface area contributed by atoms with Crippen LogP contribution >= 0.6 is 31.9 Å². The van der Waals surface area contributed by atoms with Crippen LogP contribution in [0.2, 0.25) is 0 Å². The van der Waals surface area contributed by atoms with Gasteiger partial charge in [0.25, 0.3) is 5.69 Å². The number of benzene rings is 1. The molecule has 1 aliphatic carbocycles. The Morgan fingerprint density at radius 3 is 2.39 bits per heavy atom. The van der Waals surface area contributed by atoms with E-state index in [1.165, 1.54) is 16.8 Å². The Balaban J connectivity index is 1.70. The molecule has 3 rings (SSSR count). The van der Waals surface area contributed by atoms with Gasteiger partial charge in [-0.1, -0.05) is 0 Å². The molecule has 0 atom stereocenters. The van der Waals surface area contributed by atoms with Gasteiger partial charge in [0.2, 0.25) is 5.91 Å². The first-order chi connectivity index (χ1) is 13.1. The van der Waals surface area contributed by atoms with Gasteiger partial charge < -0.3 is 5.32 Å². The molecular formula is C16H13Br2F3N4O3. The van der Waals surface area contributed by atoms with Crippen LogP contribution in [0.25, 0.3) is 0 Å². The largest absolute Gasteiger partial charge is 0.435 e. The van der Waals surface area contributed by atoms with Crippen molar-refractivity contribution in [3.63, 3.8) is 0 Å². The fourth-order valence-corrected chi connectivity index (χ4v) is 4.01. The average Bonchev–Trinajstić information content (AvgIpc) is 3.34. The highest BCUT2D eigenvalue weighted by Crippen LogP contribution is 2.42. The van der Waals surface area contributed by atoms with Gasteiger partial charge in [0, 0.05) is 45.7 Å². The van der Waals surface area contributed by atoms with Crippen LogP contribution < -0.4 is 5.32 Å². The molecule has 150 valence electrons. The van der Waals surface area contributed by atoms with E-state index in [0.717, 1.165) is 18.9 Å². The van der Waals surface area contributed by atoms with E-state index in [9.17, 15) is 28.1 Å². The predicted molar refractivity (Wildman–Crippen MR) is 101 cm³/mol. The summed E-state index contributed by atoms with van der Waals surface area (Å²) in [4.78, 5) is 22.5. The third kappa shape index (κ3) is 4.72. The third-order valence-corrected chi connectivity index (χ3v) is 5.40. The molecule has 0 spiro atoms. The molecule has 0 saturated heterocycles. The molecule has 28 heavy (non-hydrogen) atoms. The van der Waals surface area contributed by atoms with E-state index in [2.05, 4.69) is 42.3 Å². The smallest absolute Gasteiger partial charge is 0.324 e. The summed E-state index contributed by atoms with van der Waals surface area (Å²) in [7, 11) is 0. The number of aromatic nitrogens is 2. The maximum atomic E-state index is 12.9. The summed E-state index contributed by atoms with van der Waals surface area (Å²) >= 11 is 6.33. The molecule has 0 aliphatic heterocycles. The quantitative estimate of drug-likeness (QED) is 0.412. The molecule has 1 heterocycles. The minimum Gasteiger partial charge on any atom is -0.324 e. The first-order valence-electron chi connectivity index (χ1n) is 8.14. The van der Waals surface area contributed by atoms with Crippen LogP contribution in [-0.4, -0.2) is 20.6 Å². The Labute approximate surface area is 173 Å². The standard InChI is InChI=1S/C16H13Br2F3N4O3/c17-10-5-9(25(27)28)6-11(18)15(10)22-14(26)3-4-24-12(8-1-2-8)7-13(23-24)16(19,20)21/h5-8H,1-4H2,(H,22,26). The summed E-state index contributed by atoms with van der Waals surface area (Å²) in [6.45, 7) is -0.00400. The van der Waals surface area contributed by atoms with E-state index in [1.54, 1.807) is 0 Å². The van der Waals surface area contributed by atoms with Crippen LogP contribution in [0.15, 0.2) is 27.1 Å². The number of rotatable bonds is 6. The number of amides is 1. The molecule has 1 fully saturated rings. The average molecular weight is 526 g/mol. The van der Waals surface area contributed by atoms with Crippen LogP contribution in [-0.2, 0) is 17.5 Å². The lowest BCUT2D eigenvalue weighted by Crippen LogP contribution is -2.17. The molecule has 1 aliphatic rings. The number of nitro groups is 1. The highest BCUT2D eigenvalue weighted by atomic mass is 79.9. The molecule has 7 nitrogen and oxygen atoms in total. The summed E-state index contributed by atoms with van der Waals surface area (Å²) in [5.41, 5.74) is -0.343. The minimum absolute atomic E-state index is 0.00400. The van der Waals surface area contributed by atoms with Gasteiger partial charge in [0.05, 0.1) is 10.6 Å². The second-order valence-corrected chi connectivity index (χ2v) is 8.00. The van der Waals surface area contributed by atoms with E-state index >= 15 is 0 Å². The maximum absolute atomic E-state index is 12.9. The summed E-state index contributed by atoms with van der Waals surface area (Å²) < 4.78 is 40.6. The third-order valence-electron chi connectivity index (χ3n) is 4.15. The zero-order valence-electron chi connectivity index (χ0n) is 14.1. The summed E-state index contributed by atoms with van der Waals surface area (Å²) in [5, 5.41) is 17.1. The molecule has 0 radical (unpaired) electrons. The zero-order valence-corrected chi connectivity index (χ0v) is 17.3. The number of nitrogens with one attached hydrogen (secondary N) is 1. The molecule has 2 aromatic rings. The highest BCUT2D eigenvalue weighted by Gasteiger charge is 2.37. The van der Waals surface area contributed by atoms with Crippen molar-refractivity contribution in [1.82, 2.24) is 9.78 Å². The summed E-state index contributed by atoms with van der Waals surface area (Å²) in [6, 6.07) is 3.53. The molecule has 1 amide bonds. The monoisotopic (exact) mass is 524 g/mol. The topological polar surface area (TPSA) is 90.1 Å². The van der Waals surface area contributed by atoms with E-state index in [0.29, 0.717) is 20.3 Å². The van der Waals surface area contributed by atoms with Crippen molar-refractivity contribution in [2.24, 2.45) is 0 Å². The van der Waals surface area contributed by atoms with Crippen molar-refractivity contribution in [3.05, 3.63) is 48.6 Å². The van der Waals surface area contributed by atoms with E-state index < -0.39 is 22.7 Å². The molecule has 12 heteroatoms. The molecule has 0 unspecified atom stereocenters. The van der Waals surface area contributed by atoms with Gasteiger partial charge in [-0.05, 0) is 50.8 Å². The number of alkyl halides is 3.